The molecular weight excluding hydrogens is 412 g/mol. The van der Waals surface area contributed by atoms with Crippen molar-refractivity contribution < 1.29 is 14.3 Å². The topological polar surface area (TPSA) is 51.1 Å². The molecule has 3 aromatic carbocycles. The fourth-order valence-electron chi connectivity index (χ4n) is 4.58. The van der Waals surface area contributed by atoms with Crippen molar-refractivity contribution in [1.29, 1.82) is 0 Å². The molecule has 0 N–H and O–H groups in total. The minimum absolute atomic E-state index is 0.403. The number of carbonyl (C=O) groups excluding carboxylic acids is 1. The molecule has 0 saturated carbocycles. The second-order valence-corrected chi connectivity index (χ2v) is 8.76. The molecular formula is C25H21ClN2O3. The maximum Gasteiger partial charge on any atom is 0.335 e. The first kappa shape index (κ1) is 19.6. The fourth-order valence-corrected chi connectivity index (χ4v) is 4.75. The highest BCUT2D eigenvalue weighted by Gasteiger charge is 2.58. The van der Waals surface area contributed by atoms with Gasteiger partial charge in [0.2, 0.25) is 5.72 Å². The van der Waals surface area contributed by atoms with Crippen LogP contribution in [0.15, 0.2) is 66.2 Å². The quantitative estimate of drug-likeness (QED) is 0.291. The van der Waals surface area contributed by atoms with Crippen molar-refractivity contribution in [3.05, 3.63) is 71.8 Å². The number of fused-ring (bicyclic) bond motifs is 4. The van der Waals surface area contributed by atoms with Crippen molar-refractivity contribution in [3.8, 4) is 11.5 Å². The van der Waals surface area contributed by atoms with Gasteiger partial charge in [0.05, 0.1) is 11.6 Å². The fraction of sp³-hybridized carbons (Fsp3) is 0.200. The van der Waals surface area contributed by atoms with E-state index in [4.69, 9.17) is 26.1 Å². The monoisotopic (exact) mass is 432 g/mol. The minimum atomic E-state index is -0.798. The van der Waals surface area contributed by atoms with E-state index in [9.17, 15) is 4.79 Å². The summed E-state index contributed by atoms with van der Waals surface area (Å²) in [5.41, 5.74) is 1.67. The molecule has 0 aliphatic carbocycles. The molecule has 0 fully saturated rings. The molecule has 2 heterocycles. The van der Waals surface area contributed by atoms with Crippen LogP contribution in [0.25, 0.3) is 10.8 Å². The van der Waals surface area contributed by atoms with Gasteiger partial charge in [0.1, 0.15) is 17.2 Å². The number of nitrogens with zero attached hydrogens (tertiary/aromatic N) is 2. The van der Waals surface area contributed by atoms with E-state index >= 15 is 0 Å². The number of rotatable bonds is 2. The van der Waals surface area contributed by atoms with Gasteiger partial charge < -0.3 is 14.4 Å². The number of benzene rings is 3. The Labute approximate surface area is 185 Å². The number of anilines is 1. The minimum Gasteiger partial charge on any atom is -0.459 e. The van der Waals surface area contributed by atoms with Crippen LogP contribution >= 0.6 is 11.6 Å². The number of halogens is 1. The standard InChI is InChI=1S/C25H21ClN2O3/c1-5-22(29)30-17-9-6-15-7-11-21-23(18(15)13-17)27-14-25(31-21)24(2,3)19-12-16(26)8-10-20(19)28(25)4/h5-14H,1H2,2-4H3. The summed E-state index contributed by atoms with van der Waals surface area (Å²) in [7, 11) is 2.01. The van der Waals surface area contributed by atoms with Gasteiger partial charge in [-0.2, -0.15) is 0 Å². The Kier molecular flexibility index (Phi) is 4.18. The van der Waals surface area contributed by atoms with E-state index in [2.05, 4.69) is 25.3 Å². The van der Waals surface area contributed by atoms with Crippen molar-refractivity contribution in [3.63, 3.8) is 0 Å². The molecule has 1 atom stereocenters. The van der Waals surface area contributed by atoms with E-state index in [0.717, 1.165) is 28.1 Å². The van der Waals surface area contributed by atoms with E-state index in [0.29, 0.717) is 22.2 Å². The van der Waals surface area contributed by atoms with Crippen LogP contribution in [0.1, 0.15) is 19.4 Å². The van der Waals surface area contributed by atoms with Crippen LogP contribution in [-0.4, -0.2) is 25.0 Å². The molecule has 3 aromatic rings. The SMILES string of the molecule is C=CC(=O)Oc1ccc2ccc3c(c2c1)N=CC1(O3)N(C)c2ccc(Cl)cc2C1(C)C. The van der Waals surface area contributed by atoms with Crippen molar-refractivity contribution in [2.45, 2.75) is 25.0 Å². The molecule has 0 radical (unpaired) electrons. The second kappa shape index (κ2) is 6.59. The van der Waals surface area contributed by atoms with Gasteiger partial charge in [-0.25, -0.2) is 4.79 Å². The van der Waals surface area contributed by atoms with Gasteiger partial charge in [-0.05, 0) is 61.2 Å². The predicted octanol–water partition coefficient (Wildman–Crippen LogP) is 5.80. The number of likely N-dealkylation sites (N-methyl/N-ethyl adjacent to an activating group) is 1. The molecule has 31 heavy (non-hydrogen) atoms. The van der Waals surface area contributed by atoms with E-state index in [-0.39, 0.29) is 0 Å². The molecule has 6 heteroatoms. The van der Waals surface area contributed by atoms with Crippen LogP contribution in [0.4, 0.5) is 11.4 Å². The number of hydrogen-bond donors (Lipinski definition) is 0. The zero-order valence-corrected chi connectivity index (χ0v) is 18.2. The number of hydrogen-bond acceptors (Lipinski definition) is 5. The van der Waals surface area contributed by atoms with Gasteiger partial charge in [0.25, 0.3) is 0 Å². The Hall–Kier alpha value is -3.31. The molecule has 2 aliphatic heterocycles. The lowest BCUT2D eigenvalue weighted by Crippen LogP contribution is -2.61. The highest BCUT2D eigenvalue weighted by Crippen LogP contribution is 2.54. The summed E-state index contributed by atoms with van der Waals surface area (Å²) in [6, 6.07) is 15.3. The first-order valence-electron chi connectivity index (χ1n) is 9.96. The summed E-state index contributed by atoms with van der Waals surface area (Å²) in [6.45, 7) is 7.71. The van der Waals surface area contributed by atoms with Crippen LogP contribution < -0.4 is 14.4 Å². The molecule has 2 aliphatic rings. The van der Waals surface area contributed by atoms with Gasteiger partial charge in [-0.1, -0.05) is 30.3 Å². The number of carbonyl (C=O) groups is 1. The molecule has 0 saturated heterocycles. The first-order chi connectivity index (χ1) is 14.8. The number of ether oxygens (including phenoxy) is 2. The normalized spacial score (nSPS) is 20.3. The predicted molar refractivity (Wildman–Crippen MR) is 124 cm³/mol. The third-order valence-electron chi connectivity index (χ3n) is 6.33. The molecule has 1 spiro atoms. The molecule has 5 nitrogen and oxygen atoms in total. The first-order valence-corrected chi connectivity index (χ1v) is 10.3. The molecule has 156 valence electrons. The van der Waals surface area contributed by atoms with E-state index in [1.807, 2.05) is 49.7 Å². The Morgan fingerprint density at radius 3 is 2.74 bits per heavy atom. The largest absolute Gasteiger partial charge is 0.459 e. The molecule has 0 bridgehead atoms. The van der Waals surface area contributed by atoms with Gasteiger partial charge in [0, 0.05) is 29.2 Å². The summed E-state index contributed by atoms with van der Waals surface area (Å²) < 4.78 is 12.0. The average Bonchev–Trinajstić information content (AvgIpc) is 2.91. The van der Waals surface area contributed by atoms with Crippen LogP contribution in [0.3, 0.4) is 0 Å². The van der Waals surface area contributed by atoms with Crippen molar-refractivity contribution in [2.75, 3.05) is 11.9 Å². The van der Waals surface area contributed by atoms with Crippen molar-refractivity contribution >= 4 is 45.9 Å². The average molecular weight is 433 g/mol. The van der Waals surface area contributed by atoms with Crippen LogP contribution in [0, 0.1) is 0 Å². The second-order valence-electron chi connectivity index (χ2n) is 8.32. The lowest BCUT2D eigenvalue weighted by Gasteiger charge is -2.45. The van der Waals surface area contributed by atoms with Crippen LogP contribution in [0.5, 0.6) is 11.5 Å². The summed E-state index contributed by atoms with van der Waals surface area (Å²) in [5, 5.41) is 2.51. The smallest absolute Gasteiger partial charge is 0.335 e. The number of esters is 1. The third kappa shape index (κ3) is 2.70. The zero-order valence-electron chi connectivity index (χ0n) is 17.5. The van der Waals surface area contributed by atoms with Gasteiger partial charge in [-0.15, -0.1) is 0 Å². The van der Waals surface area contributed by atoms with Gasteiger partial charge in [0.15, 0.2) is 0 Å². The summed E-state index contributed by atoms with van der Waals surface area (Å²) in [5.74, 6) is 0.594. The highest BCUT2D eigenvalue weighted by atomic mass is 35.5. The Morgan fingerprint density at radius 2 is 1.97 bits per heavy atom. The third-order valence-corrected chi connectivity index (χ3v) is 6.57. The summed E-state index contributed by atoms with van der Waals surface area (Å²) in [6.07, 6.45) is 3.00. The Bertz CT molecular complexity index is 1300. The van der Waals surface area contributed by atoms with Gasteiger partial charge >= 0.3 is 5.97 Å². The van der Waals surface area contributed by atoms with Crippen molar-refractivity contribution in [1.82, 2.24) is 0 Å². The maximum atomic E-state index is 11.6. The van der Waals surface area contributed by atoms with Gasteiger partial charge in [-0.3, -0.25) is 4.99 Å². The van der Waals surface area contributed by atoms with Crippen LogP contribution in [0.2, 0.25) is 5.02 Å². The Morgan fingerprint density at radius 1 is 1.19 bits per heavy atom. The zero-order chi connectivity index (χ0) is 22.0. The number of aliphatic imine (C=N–C) groups is 1. The molecule has 1 unspecified atom stereocenters. The Balaban J connectivity index is 1.63. The van der Waals surface area contributed by atoms with Crippen molar-refractivity contribution in [2.24, 2.45) is 4.99 Å². The lowest BCUT2D eigenvalue weighted by atomic mass is 9.77. The molecule has 5 rings (SSSR count). The highest BCUT2D eigenvalue weighted by molar-refractivity contribution is 6.30. The van der Waals surface area contributed by atoms with E-state index in [1.54, 1.807) is 12.1 Å². The van der Waals surface area contributed by atoms with Crippen LogP contribution in [-0.2, 0) is 10.2 Å². The molecule has 0 amide bonds. The summed E-state index contributed by atoms with van der Waals surface area (Å²) >= 11 is 6.30. The van der Waals surface area contributed by atoms with E-state index in [1.165, 1.54) is 0 Å². The maximum absolute atomic E-state index is 11.6. The lowest BCUT2D eigenvalue weighted by molar-refractivity contribution is -0.128. The van der Waals surface area contributed by atoms with E-state index < -0.39 is 17.1 Å². The molecule has 0 aromatic heterocycles. The summed E-state index contributed by atoms with van der Waals surface area (Å²) in [4.78, 5) is 18.6.